The second-order valence-electron chi connectivity index (χ2n) is 3.35. The maximum atomic E-state index is 4.21. The summed E-state index contributed by atoms with van der Waals surface area (Å²) in [5.74, 6) is 0. The van der Waals surface area contributed by atoms with Gasteiger partial charge in [0, 0.05) is 6.07 Å². The van der Waals surface area contributed by atoms with Crippen molar-refractivity contribution in [3.63, 3.8) is 0 Å². The smallest absolute Gasteiger partial charge is 0.0865 e. The van der Waals surface area contributed by atoms with Crippen LogP contribution in [0, 0.1) is 6.92 Å². The fourth-order valence-corrected chi connectivity index (χ4v) is 1.57. The molecule has 0 bridgehead atoms. The molecule has 0 atom stereocenters. The fourth-order valence-electron chi connectivity index (χ4n) is 1.57. The van der Waals surface area contributed by atoms with E-state index >= 15 is 0 Å². The van der Waals surface area contributed by atoms with Crippen molar-refractivity contribution in [3.8, 4) is 11.3 Å². The van der Waals surface area contributed by atoms with Gasteiger partial charge < -0.3 is 0 Å². The molecule has 0 N–H and O–H groups in total. The van der Waals surface area contributed by atoms with Gasteiger partial charge in [-0.1, -0.05) is 22.9 Å². The van der Waals surface area contributed by atoms with E-state index in [2.05, 4.69) is 42.4 Å². The van der Waals surface area contributed by atoms with Crippen molar-refractivity contribution < 1.29 is 4.68 Å². The van der Waals surface area contributed by atoms with E-state index < -0.39 is 0 Å². The number of rotatable bonds is 1. The molecule has 0 fully saturated rings. The van der Waals surface area contributed by atoms with E-state index in [-0.39, 0.29) is 0 Å². The van der Waals surface area contributed by atoms with Crippen molar-refractivity contribution in [2.75, 3.05) is 0 Å². The van der Waals surface area contributed by atoms with Crippen LogP contribution in [0.25, 0.3) is 11.3 Å². The van der Waals surface area contributed by atoms with Crippen molar-refractivity contribution in [1.82, 2.24) is 5.10 Å². The van der Waals surface area contributed by atoms with Gasteiger partial charge in [0.15, 0.2) is 7.05 Å². The Morgan fingerprint density at radius 1 is 1.07 bits per heavy atom. The molecular formula is C12H13N2+. The first-order valence-electron chi connectivity index (χ1n) is 4.66. The van der Waals surface area contributed by atoms with E-state index in [0.717, 1.165) is 5.69 Å². The third kappa shape index (κ3) is 1.51. The topological polar surface area (TPSA) is 16.8 Å². The van der Waals surface area contributed by atoms with Gasteiger partial charge in [-0.2, -0.15) is 0 Å². The fraction of sp³-hybridized carbons (Fsp3) is 0.167. The lowest BCUT2D eigenvalue weighted by atomic mass is 10.1. The molecule has 0 unspecified atom stereocenters. The number of nitrogens with zero attached hydrogens (tertiary/aromatic N) is 2. The number of aromatic nitrogens is 2. The summed E-state index contributed by atoms with van der Waals surface area (Å²) >= 11 is 0. The molecule has 70 valence electrons. The van der Waals surface area contributed by atoms with E-state index in [1.54, 1.807) is 6.20 Å². The third-order valence-electron chi connectivity index (χ3n) is 2.35. The van der Waals surface area contributed by atoms with Crippen LogP contribution in [0.5, 0.6) is 0 Å². The molecule has 0 spiro atoms. The molecule has 0 amide bonds. The minimum Gasteiger partial charge on any atom is -0.0865 e. The minimum absolute atomic E-state index is 1.14. The highest BCUT2D eigenvalue weighted by Crippen LogP contribution is 2.18. The molecular weight excluding hydrogens is 172 g/mol. The van der Waals surface area contributed by atoms with Gasteiger partial charge in [0.2, 0.25) is 5.69 Å². The number of hydrogen-bond acceptors (Lipinski definition) is 1. The Kier molecular flexibility index (Phi) is 2.27. The van der Waals surface area contributed by atoms with Gasteiger partial charge in [-0.3, -0.25) is 0 Å². The van der Waals surface area contributed by atoms with Crippen LogP contribution in [0.15, 0.2) is 42.6 Å². The van der Waals surface area contributed by atoms with Gasteiger partial charge in [-0.05, 0) is 29.7 Å². The van der Waals surface area contributed by atoms with Crippen molar-refractivity contribution >= 4 is 0 Å². The summed E-state index contributed by atoms with van der Waals surface area (Å²) in [4.78, 5) is 0. The summed E-state index contributed by atoms with van der Waals surface area (Å²) in [6.07, 6.45) is 1.79. The van der Waals surface area contributed by atoms with Crippen LogP contribution < -0.4 is 4.68 Å². The molecule has 1 aromatic carbocycles. The lowest BCUT2D eigenvalue weighted by Gasteiger charge is -2.01. The monoisotopic (exact) mass is 185 g/mol. The predicted octanol–water partition coefficient (Wildman–Crippen LogP) is 1.88. The van der Waals surface area contributed by atoms with Crippen molar-refractivity contribution in [1.29, 1.82) is 0 Å². The maximum Gasteiger partial charge on any atom is 0.239 e. The van der Waals surface area contributed by atoms with E-state index in [9.17, 15) is 0 Å². The zero-order valence-corrected chi connectivity index (χ0v) is 8.44. The molecule has 0 aliphatic carbocycles. The van der Waals surface area contributed by atoms with Crippen LogP contribution in [0.2, 0.25) is 0 Å². The molecule has 0 saturated heterocycles. The molecule has 2 rings (SSSR count). The zero-order chi connectivity index (χ0) is 9.97. The van der Waals surface area contributed by atoms with Crippen LogP contribution in [0.4, 0.5) is 0 Å². The number of benzene rings is 1. The summed E-state index contributed by atoms with van der Waals surface area (Å²) in [7, 11) is 1.96. The Balaban J connectivity index is 2.61. The maximum absolute atomic E-state index is 4.21. The summed E-state index contributed by atoms with van der Waals surface area (Å²) in [5, 5.41) is 4.21. The Hall–Kier alpha value is -1.70. The third-order valence-corrected chi connectivity index (χ3v) is 2.35. The van der Waals surface area contributed by atoms with Crippen LogP contribution >= 0.6 is 0 Å². The molecule has 0 radical (unpaired) electrons. The first kappa shape index (κ1) is 8.88. The summed E-state index contributed by atoms with van der Waals surface area (Å²) in [5.41, 5.74) is 3.66. The number of hydrogen-bond donors (Lipinski definition) is 0. The molecule has 2 heteroatoms. The van der Waals surface area contributed by atoms with Crippen molar-refractivity contribution in [2.24, 2.45) is 7.05 Å². The second-order valence-corrected chi connectivity index (χ2v) is 3.35. The Morgan fingerprint density at radius 2 is 1.86 bits per heavy atom. The number of aryl methyl sites for hydroxylation is 2. The lowest BCUT2D eigenvalue weighted by Crippen LogP contribution is -2.35. The molecule has 0 aliphatic heterocycles. The average molecular weight is 185 g/mol. The molecule has 0 aliphatic rings. The molecule has 2 nitrogen and oxygen atoms in total. The average Bonchev–Trinajstić information content (AvgIpc) is 2.20. The van der Waals surface area contributed by atoms with E-state index in [1.807, 2.05) is 17.8 Å². The van der Waals surface area contributed by atoms with E-state index in [1.165, 1.54) is 11.1 Å². The van der Waals surface area contributed by atoms with E-state index in [4.69, 9.17) is 0 Å². The van der Waals surface area contributed by atoms with Crippen molar-refractivity contribution in [3.05, 3.63) is 48.2 Å². The standard InChI is InChI=1S/C12H13N2/c1-10-6-3-4-7-11(10)12-8-5-9-13-14(12)2/h3-9H,1-2H3/q+1. The van der Waals surface area contributed by atoms with E-state index in [0.29, 0.717) is 0 Å². The van der Waals surface area contributed by atoms with Crippen molar-refractivity contribution in [2.45, 2.75) is 6.92 Å². The minimum atomic E-state index is 1.14. The molecule has 14 heavy (non-hydrogen) atoms. The first-order chi connectivity index (χ1) is 6.79. The Labute approximate surface area is 83.8 Å². The van der Waals surface area contributed by atoms with Crippen LogP contribution in [0.3, 0.4) is 0 Å². The second kappa shape index (κ2) is 3.58. The van der Waals surface area contributed by atoms with Gasteiger partial charge in [0.1, 0.15) is 0 Å². The quantitative estimate of drug-likeness (QED) is 0.620. The molecule has 1 aromatic heterocycles. The highest BCUT2D eigenvalue weighted by molar-refractivity contribution is 5.60. The highest BCUT2D eigenvalue weighted by atomic mass is 15.2. The normalized spacial score (nSPS) is 10.1. The van der Waals surface area contributed by atoms with Crippen LogP contribution in [-0.4, -0.2) is 5.10 Å². The molecule has 0 saturated carbocycles. The van der Waals surface area contributed by atoms with Gasteiger partial charge in [0.05, 0.1) is 11.8 Å². The zero-order valence-electron chi connectivity index (χ0n) is 8.44. The molecule has 2 aromatic rings. The summed E-state index contributed by atoms with van der Waals surface area (Å²) in [6.45, 7) is 2.11. The lowest BCUT2D eigenvalue weighted by molar-refractivity contribution is -0.720. The van der Waals surface area contributed by atoms with Crippen LogP contribution in [0.1, 0.15) is 5.56 Å². The SMILES string of the molecule is Cc1ccccc1-c1cccn[n+]1C. The summed E-state index contributed by atoms with van der Waals surface area (Å²) < 4.78 is 1.89. The largest absolute Gasteiger partial charge is 0.239 e. The van der Waals surface area contributed by atoms with Crippen LogP contribution in [-0.2, 0) is 7.05 Å². The Morgan fingerprint density at radius 3 is 2.57 bits per heavy atom. The Bertz CT molecular complexity index is 406. The van der Waals surface area contributed by atoms with Gasteiger partial charge >= 0.3 is 0 Å². The summed E-state index contributed by atoms with van der Waals surface area (Å²) in [6, 6.07) is 12.4. The first-order valence-corrected chi connectivity index (χ1v) is 4.66. The predicted molar refractivity (Wildman–Crippen MR) is 55.6 cm³/mol. The molecule has 1 heterocycles. The van der Waals surface area contributed by atoms with Gasteiger partial charge in [0.25, 0.3) is 0 Å². The van der Waals surface area contributed by atoms with Gasteiger partial charge in [-0.15, -0.1) is 0 Å². The highest BCUT2D eigenvalue weighted by Gasteiger charge is 2.10. The van der Waals surface area contributed by atoms with Gasteiger partial charge in [-0.25, -0.2) is 0 Å².